The quantitative estimate of drug-likeness (QED) is 0.335. The molecule has 0 spiro atoms. The summed E-state index contributed by atoms with van der Waals surface area (Å²) in [5.41, 5.74) is 10.3. The third-order valence-electron chi connectivity index (χ3n) is 4.13. The van der Waals surface area contributed by atoms with Crippen LogP contribution >= 0.6 is 11.8 Å². The number of carbonyl (C=O) groups is 2. The van der Waals surface area contributed by atoms with Gasteiger partial charge in [-0.1, -0.05) is 6.42 Å². The van der Waals surface area contributed by atoms with Crippen molar-refractivity contribution in [3.8, 4) is 0 Å². The Hall–Kier alpha value is -0.805. The number of carbonyl (C=O) groups excluding carboxylic acids is 1. The lowest BCUT2D eigenvalue weighted by Gasteiger charge is -2.42. The molecule has 0 aromatic carbocycles. The molecule has 1 saturated heterocycles. The lowest BCUT2D eigenvalue weighted by Crippen LogP contribution is -2.64. The van der Waals surface area contributed by atoms with E-state index >= 15 is 0 Å². The van der Waals surface area contributed by atoms with Gasteiger partial charge in [-0.05, 0) is 37.1 Å². The molecule has 0 aromatic rings. The van der Waals surface area contributed by atoms with Crippen LogP contribution in [0.3, 0.4) is 0 Å². The summed E-state index contributed by atoms with van der Waals surface area (Å²) in [5.74, 6) is -0.928. The minimum atomic E-state index is -1.53. The second-order valence-electron chi connectivity index (χ2n) is 6.20. The second kappa shape index (κ2) is 8.88. The SMILES string of the molecule is CSCCC(N)C(=O)N1C[C@@H](CCB(O)O)C[C@](N)(C(=O)O)C1. The number of likely N-dealkylation sites (tertiary alicyclic amines) is 1. The van der Waals surface area contributed by atoms with Crippen molar-refractivity contribution in [1.29, 1.82) is 0 Å². The number of hydrogen-bond acceptors (Lipinski definition) is 7. The summed E-state index contributed by atoms with van der Waals surface area (Å²) in [6.45, 7) is 0.261. The van der Waals surface area contributed by atoms with E-state index < -0.39 is 24.7 Å². The van der Waals surface area contributed by atoms with Crippen LogP contribution < -0.4 is 11.5 Å². The Labute approximate surface area is 140 Å². The minimum absolute atomic E-state index is 0.0771. The first-order valence-electron chi connectivity index (χ1n) is 7.61. The van der Waals surface area contributed by atoms with Crippen molar-refractivity contribution in [2.24, 2.45) is 17.4 Å². The molecule has 1 rings (SSSR count). The highest BCUT2D eigenvalue weighted by Gasteiger charge is 2.44. The molecule has 1 heterocycles. The van der Waals surface area contributed by atoms with Crippen LogP contribution in [-0.2, 0) is 9.59 Å². The first-order valence-corrected chi connectivity index (χ1v) is 9.00. The molecular formula is C13H26BN3O5S. The minimum Gasteiger partial charge on any atom is -0.480 e. The number of aliphatic carboxylic acids is 1. The molecular weight excluding hydrogens is 321 g/mol. The number of carboxylic acid groups (broad SMARTS) is 1. The topological polar surface area (TPSA) is 150 Å². The summed E-state index contributed by atoms with van der Waals surface area (Å²) < 4.78 is 0. The summed E-state index contributed by atoms with van der Waals surface area (Å²) in [4.78, 5) is 25.3. The predicted molar refractivity (Wildman–Crippen MR) is 89.8 cm³/mol. The summed E-state index contributed by atoms with van der Waals surface area (Å²) in [7, 11) is -1.46. The van der Waals surface area contributed by atoms with Crippen LogP contribution in [0.4, 0.5) is 0 Å². The van der Waals surface area contributed by atoms with E-state index in [1.54, 1.807) is 11.8 Å². The van der Waals surface area contributed by atoms with Crippen molar-refractivity contribution in [3.63, 3.8) is 0 Å². The van der Waals surface area contributed by atoms with Crippen molar-refractivity contribution in [3.05, 3.63) is 0 Å². The van der Waals surface area contributed by atoms with Gasteiger partial charge in [-0.15, -0.1) is 0 Å². The molecule has 1 aliphatic heterocycles. The molecule has 1 amide bonds. The smallest absolute Gasteiger partial charge is 0.451 e. The number of piperidine rings is 1. The van der Waals surface area contributed by atoms with Gasteiger partial charge in [0.25, 0.3) is 0 Å². The normalized spacial score (nSPS) is 26.0. The number of hydrogen-bond donors (Lipinski definition) is 5. The van der Waals surface area contributed by atoms with Crippen molar-refractivity contribution < 1.29 is 24.7 Å². The average Bonchev–Trinajstić information content (AvgIpc) is 2.49. The van der Waals surface area contributed by atoms with E-state index in [1.807, 2.05) is 6.26 Å². The van der Waals surface area contributed by atoms with Crippen molar-refractivity contribution in [2.75, 3.05) is 25.1 Å². The van der Waals surface area contributed by atoms with Gasteiger partial charge in [-0.2, -0.15) is 11.8 Å². The molecule has 1 fully saturated rings. The Kier molecular flexibility index (Phi) is 7.82. The molecule has 3 atom stereocenters. The maximum atomic E-state index is 12.4. The van der Waals surface area contributed by atoms with Gasteiger partial charge in [0.15, 0.2) is 0 Å². The first-order chi connectivity index (χ1) is 10.7. The molecule has 132 valence electrons. The van der Waals surface area contributed by atoms with Gasteiger partial charge in [-0.3, -0.25) is 9.59 Å². The number of rotatable bonds is 8. The van der Waals surface area contributed by atoms with Crippen LogP contribution in [0.15, 0.2) is 0 Å². The van der Waals surface area contributed by atoms with Crippen molar-refractivity contribution in [2.45, 2.75) is 37.2 Å². The summed E-state index contributed by atoms with van der Waals surface area (Å²) in [6.07, 6.45) is 3.12. The predicted octanol–water partition coefficient (Wildman–Crippen LogP) is -1.44. The molecule has 0 aliphatic carbocycles. The molecule has 0 aromatic heterocycles. The number of nitrogens with two attached hydrogens (primary N) is 2. The zero-order valence-electron chi connectivity index (χ0n) is 13.4. The van der Waals surface area contributed by atoms with Crippen LogP contribution in [0.5, 0.6) is 0 Å². The Morgan fingerprint density at radius 2 is 2.13 bits per heavy atom. The maximum absolute atomic E-state index is 12.4. The molecule has 1 unspecified atom stereocenters. The van der Waals surface area contributed by atoms with Crippen LogP contribution in [0.2, 0.25) is 6.32 Å². The van der Waals surface area contributed by atoms with E-state index in [9.17, 15) is 14.7 Å². The van der Waals surface area contributed by atoms with E-state index in [0.717, 1.165) is 5.75 Å². The van der Waals surface area contributed by atoms with Crippen LogP contribution in [0.1, 0.15) is 19.3 Å². The number of carboxylic acids is 1. The van der Waals surface area contributed by atoms with E-state index in [-0.39, 0.29) is 31.1 Å². The number of thioether (sulfide) groups is 1. The Morgan fingerprint density at radius 3 is 2.65 bits per heavy atom. The summed E-state index contributed by atoms with van der Waals surface area (Å²) in [5, 5.41) is 27.4. The van der Waals surface area contributed by atoms with E-state index in [4.69, 9.17) is 21.5 Å². The van der Waals surface area contributed by atoms with Gasteiger partial charge in [0.1, 0.15) is 5.54 Å². The van der Waals surface area contributed by atoms with Crippen molar-refractivity contribution >= 4 is 30.8 Å². The fourth-order valence-electron chi connectivity index (χ4n) is 2.86. The molecule has 23 heavy (non-hydrogen) atoms. The van der Waals surface area contributed by atoms with Gasteiger partial charge >= 0.3 is 13.1 Å². The van der Waals surface area contributed by atoms with Crippen LogP contribution in [0.25, 0.3) is 0 Å². The zero-order valence-corrected chi connectivity index (χ0v) is 14.2. The fourth-order valence-corrected chi connectivity index (χ4v) is 3.35. The largest absolute Gasteiger partial charge is 0.480 e. The summed E-state index contributed by atoms with van der Waals surface area (Å²) >= 11 is 1.59. The monoisotopic (exact) mass is 347 g/mol. The fraction of sp³-hybridized carbons (Fsp3) is 0.846. The van der Waals surface area contributed by atoms with E-state index in [1.165, 1.54) is 4.90 Å². The lowest BCUT2D eigenvalue weighted by atomic mass is 9.75. The van der Waals surface area contributed by atoms with Gasteiger partial charge in [-0.25, -0.2) is 0 Å². The molecule has 1 aliphatic rings. The third-order valence-corrected chi connectivity index (χ3v) is 4.77. The number of amides is 1. The number of nitrogens with zero attached hydrogens (tertiary/aromatic N) is 1. The lowest BCUT2D eigenvalue weighted by molar-refractivity contribution is -0.149. The second-order valence-corrected chi connectivity index (χ2v) is 7.18. The highest BCUT2D eigenvalue weighted by atomic mass is 32.2. The molecule has 8 nitrogen and oxygen atoms in total. The maximum Gasteiger partial charge on any atom is 0.451 e. The van der Waals surface area contributed by atoms with Crippen molar-refractivity contribution in [1.82, 2.24) is 4.90 Å². The van der Waals surface area contributed by atoms with Gasteiger partial charge in [0, 0.05) is 13.1 Å². The van der Waals surface area contributed by atoms with Crippen LogP contribution in [0, 0.1) is 5.92 Å². The van der Waals surface area contributed by atoms with E-state index in [2.05, 4.69) is 0 Å². The first kappa shape index (κ1) is 20.2. The Balaban J connectivity index is 2.80. The summed E-state index contributed by atoms with van der Waals surface area (Å²) in [6, 6.07) is -0.678. The highest BCUT2D eigenvalue weighted by Crippen LogP contribution is 2.28. The Bertz CT molecular complexity index is 428. The van der Waals surface area contributed by atoms with Gasteiger partial charge < -0.3 is 31.5 Å². The molecule has 0 bridgehead atoms. The van der Waals surface area contributed by atoms with Gasteiger partial charge in [0.2, 0.25) is 5.91 Å². The molecule has 0 radical (unpaired) electrons. The third kappa shape index (κ3) is 5.96. The molecule has 0 saturated carbocycles. The highest BCUT2D eigenvalue weighted by molar-refractivity contribution is 7.98. The molecule has 7 N–H and O–H groups in total. The average molecular weight is 347 g/mol. The zero-order chi connectivity index (χ0) is 17.6. The van der Waals surface area contributed by atoms with Crippen LogP contribution in [-0.4, -0.2) is 75.7 Å². The Morgan fingerprint density at radius 1 is 1.48 bits per heavy atom. The standard InChI is InChI=1S/C13H26BN3O5S/c1-23-5-3-10(15)11(18)17-7-9(2-4-14(21)22)6-13(16,8-17)12(19)20/h9-10,21-22H,2-8,15-16H2,1H3,(H,19,20)/t9-,10?,13+/m0/s1. The molecule has 10 heteroatoms. The van der Waals surface area contributed by atoms with Gasteiger partial charge in [0.05, 0.1) is 6.04 Å². The van der Waals surface area contributed by atoms with E-state index in [0.29, 0.717) is 19.4 Å².